The lowest BCUT2D eigenvalue weighted by Crippen LogP contribution is -2.15. The molecule has 0 aliphatic carbocycles. The summed E-state index contributed by atoms with van der Waals surface area (Å²) in [6, 6.07) is 7.82. The van der Waals surface area contributed by atoms with E-state index in [2.05, 4.69) is 10.4 Å². The minimum atomic E-state index is -0.714. The first kappa shape index (κ1) is 20.2. The summed E-state index contributed by atoms with van der Waals surface area (Å²) in [6.07, 6.45) is 0. The number of anilines is 1. The van der Waals surface area contributed by atoms with Crippen LogP contribution in [-0.4, -0.2) is 21.4 Å². The van der Waals surface area contributed by atoms with Crippen LogP contribution < -0.4 is 5.32 Å². The zero-order valence-electron chi connectivity index (χ0n) is 13.2. The van der Waals surface area contributed by atoms with Gasteiger partial charge in [-0.15, -0.1) is 5.10 Å². The fourth-order valence-corrected chi connectivity index (χ4v) is 4.46. The Labute approximate surface area is 176 Å². The number of thioether (sulfide) groups is 1. The fraction of sp³-hybridized carbons (Fsp3) is 0.0625. The van der Waals surface area contributed by atoms with Gasteiger partial charge in [0.05, 0.1) is 27.2 Å². The molecule has 1 N–H and O–H groups in total. The summed E-state index contributed by atoms with van der Waals surface area (Å²) in [7, 11) is 0. The van der Waals surface area contributed by atoms with Crippen LogP contribution >= 0.6 is 58.5 Å². The van der Waals surface area contributed by atoms with Gasteiger partial charge in [0.25, 0.3) is 0 Å². The van der Waals surface area contributed by atoms with E-state index in [0.717, 1.165) is 30.0 Å². The molecule has 0 aliphatic heterocycles. The van der Waals surface area contributed by atoms with E-state index >= 15 is 0 Å². The molecule has 1 amide bonds. The zero-order valence-corrected chi connectivity index (χ0v) is 17.2. The van der Waals surface area contributed by atoms with E-state index in [0.29, 0.717) is 24.0 Å². The Hall–Kier alpha value is -1.52. The fourth-order valence-electron chi connectivity index (χ4n) is 2.01. The first-order chi connectivity index (χ1) is 12.8. The van der Waals surface area contributed by atoms with Crippen LogP contribution in [0.4, 0.5) is 14.5 Å². The van der Waals surface area contributed by atoms with Crippen LogP contribution in [0.2, 0.25) is 10.0 Å². The largest absolute Gasteiger partial charge is 0.323 e. The molecular weight excluding hydrogens is 455 g/mol. The molecule has 0 saturated heterocycles. The summed E-state index contributed by atoms with van der Waals surface area (Å²) in [4.78, 5) is 12.0. The predicted octanol–water partition coefficient (Wildman–Crippen LogP) is 5.98. The molecule has 0 radical (unpaired) electrons. The number of hydrogen-bond donors (Lipinski definition) is 1. The maximum Gasteiger partial charge on any atom is 0.234 e. The second kappa shape index (κ2) is 8.66. The summed E-state index contributed by atoms with van der Waals surface area (Å²) in [5, 5.41) is 7.45. The van der Waals surface area contributed by atoms with Gasteiger partial charge in [-0.05, 0) is 42.5 Å². The van der Waals surface area contributed by atoms with Crippen LogP contribution in [0.25, 0.3) is 5.69 Å². The van der Waals surface area contributed by atoms with Crippen molar-refractivity contribution in [2.75, 3.05) is 11.1 Å². The number of hydrogen-bond acceptors (Lipinski definition) is 5. The minimum absolute atomic E-state index is 0.0420. The average Bonchev–Trinajstić information content (AvgIpc) is 2.99. The molecule has 0 aliphatic rings. The third-order valence-corrected chi connectivity index (χ3v) is 6.31. The number of carbonyl (C=O) groups excluding carboxylic acids is 1. The van der Waals surface area contributed by atoms with E-state index in [9.17, 15) is 13.6 Å². The molecule has 1 aromatic heterocycles. The summed E-state index contributed by atoms with van der Waals surface area (Å²) >= 11 is 19.5. The van der Waals surface area contributed by atoms with E-state index < -0.39 is 17.5 Å². The second-order valence-electron chi connectivity index (χ2n) is 5.11. The SMILES string of the molecule is O=C(CSc1nn(-c2ccc(Cl)c(Cl)c2)c(=S)s1)Nc1cc(F)ccc1F. The number of nitrogens with zero attached hydrogens (tertiary/aromatic N) is 2. The van der Waals surface area contributed by atoms with Crippen molar-refractivity contribution in [1.29, 1.82) is 0 Å². The van der Waals surface area contributed by atoms with Crippen molar-refractivity contribution in [3.05, 3.63) is 62.0 Å². The van der Waals surface area contributed by atoms with Gasteiger partial charge >= 0.3 is 0 Å². The second-order valence-corrected chi connectivity index (χ2v) is 8.76. The number of aromatic nitrogens is 2. The smallest absolute Gasteiger partial charge is 0.234 e. The Morgan fingerprint density at radius 2 is 2.00 bits per heavy atom. The van der Waals surface area contributed by atoms with Gasteiger partial charge in [0.1, 0.15) is 11.6 Å². The number of rotatable bonds is 5. The van der Waals surface area contributed by atoms with Gasteiger partial charge in [-0.3, -0.25) is 4.79 Å². The van der Waals surface area contributed by atoms with Crippen molar-refractivity contribution in [2.24, 2.45) is 0 Å². The Kier molecular flexibility index (Phi) is 6.48. The molecule has 3 rings (SSSR count). The van der Waals surface area contributed by atoms with Crippen LogP contribution in [0.15, 0.2) is 40.7 Å². The van der Waals surface area contributed by atoms with Crippen molar-refractivity contribution in [1.82, 2.24) is 9.78 Å². The quantitative estimate of drug-likeness (QED) is 0.373. The van der Waals surface area contributed by atoms with Gasteiger partial charge in [0, 0.05) is 6.07 Å². The summed E-state index contributed by atoms with van der Waals surface area (Å²) in [5.74, 6) is -1.89. The molecule has 0 saturated carbocycles. The first-order valence-electron chi connectivity index (χ1n) is 7.27. The topological polar surface area (TPSA) is 46.9 Å². The summed E-state index contributed by atoms with van der Waals surface area (Å²) < 4.78 is 29.2. The minimum Gasteiger partial charge on any atom is -0.323 e. The molecular formula is C16H9Cl2F2N3OS3. The van der Waals surface area contributed by atoms with Crippen LogP contribution in [0.5, 0.6) is 0 Å². The van der Waals surface area contributed by atoms with Crippen LogP contribution in [-0.2, 0) is 4.79 Å². The monoisotopic (exact) mass is 463 g/mol. The van der Waals surface area contributed by atoms with Crippen molar-refractivity contribution < 1.29 is 13.6 Å². The average molecular weight is 464 g/mol. The molecule has 2 aromatic carbocycles. The zero-order chi connectivity index (χ0) is 19.6. The summed E-state index contributed by atoms with van der Waals surface area (Å²) in [6.45, 7) is 0. The molecule has 0 spiro atoms. The lowest BCUT2D eigenvalue weighted by Gasteiger charge is -2.05. The predicted molar refractivity (Wildman–Crippen MR) is 108 cm³/mol. The third-order valence-electron chi connectivity index (χ3n) is 3.21. The lowest BCUT2D eigenvalue weighted by molar-refractivity contribution is -0.113. The van der Waals surface area contributed by atoms with Crippen molar-refractivity contribution in [3.8, 4) is 5.69 Å². The van der Waals surface area contributed by atoms with Crippen LogP contribution in [0.1, 0.15) is 0 Å². The van der Waals surface area contributed by atoms with E-state index in [-0.39, 0.29) is 11.4 Å². The number of carbonyl (C=O) groups is 1. The lowest BCUT2D eigenvalue weighted by atomic mass is 10.3. The Morgan fingerprint density at radius 3 is 2.74 bits per heavy atom. The highest BCUT2D eigenvalue weighted by atomic mass is 35.5. The van der Waals surface area contributed by atoms with Gasteiger partial charge in [0.15, 0.2) is 8.29 Å². The number of nitrogens with one attached hydrogen (secondary N) is 1. The highest BCUT2D eigenvalue weighted by molar-refractivity contribution is 8.01. The van der Waals surface area contributed by atoms with Gasteiger partial charge in [-0.2, -0.15) is 0 Å². The molecule has 3 aromatic rings. The van der Waals surface area contributed by atoms with E-state index in [1.54, 1.807) is 18.2 Å². The van der Waals surface area contributed by atoms with Crippen LogP contribution in [0.3, 0.4) is 0 Å². The Balaban J connectivity index is 1.68. The van der Waals surface area contributed by atoms with Crippen LogP contribution in [0, 0.1) is 15.6 Å². The highest BCUT2D eigenvalue weighted by Crippen LogP contribution is 2.28. The highest BCUT2D eigenvalue weighted by Gasteiger charge is 2.12. The summed E-state index contributed by atoms with van der Waals surface area (Å²) in [5.41, 5.74) is 0.429. The van der Waals surface area contributed by atoms with E-state index in [4.69, 9.17) is 35.4 Å². The normalized spacial score (nSPS) is 10.8. The first-order valence-corrected chi connectivity index (χ1v) is 10.2. The van der Waals surface area contributed by atoms with Crippen molar-refractivity contribution in [3.63, 3.8) is 0 Å². The van der Waals surface area contributed by atoms with E-state index in [1.165, 1.54) is 16.0 Å². The molecule has 4 nitrogen and oxygen atoms in total. The Morgan fingerprint density at radius 1 is 1.22 bits per heavy atom. The standard InChI is InChI=1S/C16H9Cl2F2N3OS3/c17-10-3-2-9(6-11(10)18)23-16(25)27-15(22-23)26-7-14(24)21-13-5-8(19)1-4-12(13)20/h1-6H,7H2,(H,21,24). The maximum atomic E-state index is 13.6. The molecule has 140 valence electrons. The van der Waals surface area contributed by atoms with Gasteiger partial charge < -0.3 is 5.32 Å². The molecule has 0 fully saturated rings. The molecule has 0 atom stereocenters. The molecule has 1 heterocycles. The number of benzene rings is 2. The van der Waals surface area contributed by atoms with Crippen molar-refractivity contribution in [2.45, 2.75) is 4.34 Å². The number of halogens is 4. The van der Waals surface area contributed by atoms with Crippen molar-refractivity contribution >= 4 is 70.1 Å². The van der Waals surface area contributed by atoms with Gasteiger partial charge in [-0.1, -0.05) is 46.3 Å². The van der Waals surface area contributed by atoms with Gasteiger partial charge in [0.2, 0.25) is 5.91 Å². The molecule has 0 unspecified atom stereocenters. The van der Waals surface area contributed by atoms with Gasteiger partial charge in [-0.25, -0.2) is 13.5 Å². The molecule has 11 heteroatoms. The number of amides is 1. The molecule has 0 bridgehead atoms. The third kappa shape index (κ3) is 5.05. The van der Waals surface area contributed by atoms with E-state index in [1.807, 2.05) is 0 Å². The molecule has 27 heavy (non-hydrogen) atoms. The Bertz CT molecular complexity index is 1070. The maximum absolute atomic E-state index is 13.6.